The van der Waals surface area contributed by atoms with Crippen LogP contribution in [0, 0.1) is 10.4 Å². The van der Waals surface area contributed by atoms with E-state index < -0.39 is 0 Å². The molecule has 1 aromatic rings. The topological polar surface area (TPSA) is 65.5 Å². The third-order valence-corrected chi connectivity index (χ3v) is 5.92. The molecule has 5 nitrogen and oxygen atoms in total. The molecule has 1 aromatic heterocycles. The molecule has 0 aliphatic carbocycles. The molecule has 3 rings (SSSR count). The Morgan fingerprint density at radius 2 is 0.862 bits per heavy atom. The second kappa shape index (κ2) is 11.2. The molecule has 0 saturated carbocycles. The van der Waals surface area contributed by atoms with Crippen LogP contribution >= 0.6 is 0 Å². The summed E-state index contributed by atoms with van der Waals surface area (Å²) in [7, 11) is 0. The molecule has 169 valence electrons. The zero-order valence-electron chi connectivity index (χ0n) is 19.6. The van der Waals surface area contributed by atoms with Gasteiger partial charge in [0.15, 0.2) is 0 Å². The Balaban J connectivity index is 0.000000415. The summed E-state index contributed by atoms with van der Waals surface area (Å²) in [6, 6.07) is 5.72. The first-order chi connectivity index (χ1) is 12.7. The van der Waals surface area contributed by atoms with Gasteiger partial charge in [-0.25, -0.2) is 0 Å². The molecule has 29 heavy (non-hydrogen) atoms. The summed E-state index contributed by atoms with van der Waals surface area (Å²) < 4.78 is 0. The number of hydrogen-bond acceptors (Lipinski definition) is 5. The predicted octanol–water partition coefficient (Wildman–Crippen LogP) is 6.13. The fraction of sp³-hybridized carbons (Fsp3) is 0.783. The summed E-state index contributed by atoms with van der Waals surface area (Å²) >= 11 is 0. The minimum Gasteiger partial charge on any atom is -0.784 e. The van der Waals surface area contributed by atoms with Crippen molar-refractivity contribution in [2.45, 2.75) is 116 Å². The first kappa shape index (κ1) is 28.5. The van der Waals surface area contributed by atoms with E-state index in [1.807, 2.05) is 73.6 Å². The number of hydrogen-bond donors (Lipinski definition) is 0. The standard InChI is InChI=1S/2C9H18NO.C5H5N.Ni/c2*1-8(2)6-5-7-9(3,4)10(8)11;1-2-4-6-5-3-1;/h2*5-7H2,1-4H3;1-5H;/q2*-1;;+3. The molecule has 3 heterocycles. The third kappa shape index (κ3) is 8.63. The Morgan fingerprint density at radius 3 is 1.00 bits per heavy atom. The minimum absolute atomic E-state index is 0. The quantitative estimate of drug-likeness (QED) is 0.445. The molecule has 0 amide bonds. The molecule has 2 aliphatic heterocycles. The molecule has 6 heteroatoms. The number of aromatic nitrogens is 1. The van der Waals surface area contributed by atoms with Gasteiger partial charge in [-0.1, -0.05) is 6.07 Å². The van der Waals surface area contributed by atoms with Gasteiger partial charge < -0.3 is 20.5 Å². The maximum atomic E-state index is 11.7. The van der Waals surface area contributed by atoms with Crippen molar-refractivity contribution in [3.05, 3.63) is 41.0 Å². The zero-order valence-corrected chi connectivity index (χ0v) is 20.6. The van der Waals surface area contributed by atoms with Gasteiger partial charge in [-0.05, 0) is 106 Å². The average molecular weight is 450 g/mol. The normalized spacial score (nSPS) is 24.6. The number of piperidine rings is 2. The van der Waals surface area contributed by atoms with Crippen LogP contribution in [0.25, 0.3) is 0 Å². The van der Waals surface area contributed by atoms with Gasteiger partial charge in [0, 0.05) is 34.5 Å². The second-order valence-corrected chi connectivity index (χ2v) is 10.6. The van der Waals surface area contributed by atoms with Crippen molar-refractivity contribution in [3.8, 4) is 0 Å². The molecule has 0 aromatic carbocycles. The van der Waals surface area contributed by atoms with Crippen LogP contribution in [0.4, 0.5) is 0 Å². The number of rotatable bonds is 0. The molecular weight excluding hydrogens is 409 g/mol. The van der Waals surface area contributed by atoms with Crippen LogP contribution in [-0.4, -0.2) is 37.3 Å². The minimum atomic E-state index is -0.151. The molecule has 0 bridgehead atoms. The van der Waals surface area contributed by atoms with E-state index in [1.54, 1.807) is 12.4 Å². The van der Waals surface area contributed by atoms with Crippen molar-refractivity contribution < 1.29 is 16.5 Å². The summed E-state index contributed by atoms with van der Waals surface area (Å²) in [4.78, 5) is 3.78. The van der Waals surface area contributed by atoms with Gasteiger partial charge >= 0.3 is 16.5 Å². The molecule has 0 N–H and O–H groups in total. The fourth-order valence-corrected chi connectivity index (χ4v) is 4.26. The number of hydroxylamine groups is 4. The van der Waals surface area contributed by atoms with E-state index in [4.69, 9.17) is 0 Å². The van der Waals surface area contributed by atoms with Crippen molar-refractivity contribution in [1.82, 2.24) is 15.1 Å². The molecular formula is C23H41N3NiO2+. The van der Waals surface area contributed by atoms with Gasteiger partial charge in [0.2, 0.25) is 0 Å². The van der Waals surface area contributed by atoms with Crippen molar-refractivity contribution in [3.63, 3.8) is 0 Å². The zero-order chi connectivity index (χ0) is 21.6. The van der Waals surface area contributed by atoms with Crippen molar-refractivity contribution in [1.29, 1.82) is 0 Å². The van der Waals surface area contributed by atoms with E-state index >= 15 is 0 Å². The molecule has 2 aliphatic rings. The fourth-order valence-electron chi connectivity index (χ4n) is 4.26. The molecule has 2 fully saturated rings. The van der Waals surface area contributed by atoms with Crippen LogP contribution in [0.5, 0.6) is 0 Å². The van der Waals surface area contributed by atoms with E-state index in [1.165, 1.54) is 23.0 Å². The van der Waals surface area contributed by atoms with Gasteiger partial charge in [0.05, 0.1) is 0 Å². The molecule has 1 radical (unpaired) electrons. The summed E-state index contributed by atoms with van der Waals surface area (Å²) in [5.74, 6) is 0. The summed E-state index contributed by atoms with van der Waals surface area (Å²) in [5.41, 5.74) is -0.604. The molecule has 0 unspecified atom stereocenters. The van der Waals surface area contributed by atoms with E-state index in [2.05, 4.69) is 4.98 Å². The summed E-state index contributed by atoms with van der Waals surface area (Å²) in [6.45, 7) is 16.2. The smallest absolute Gasteiger partial charge is 0.784 e. The largest absolute Gasteiger partial charge is 3.00 e. The van der Waals surface area contributed by atoms with Crippen LogP contribution in [0.15, 0.2) is 30.6 Å². The van der Waals surface area contributed by atoms with E-state index in [0.29, 0.717) is 0 Å². The Bertz CT molecular complexity index is 482. The number of nitrogens with zero attached hydrogens (tertiary/aromatic N) is 3. The van der Waals surface area contributed by atoms with Gasteiger partial charge in [-0.3, -0.25) is 4.98 Å². The Kier molecular flexibility index (Phi) is 11.0. The van der Waals surface area contributed by atoms with E-state index in [9.17, 15) is 10.4 Å². The van der Waals surface area contributed by atoms with Crippen LogP contribution in [0.1, 0.15) is 93.9 Å². The average Bonchev–Trinajstić information content (AvgIpc) is 2.60. The van der Waals surface area contributed by atoms with Crippen LogP contribution < -0.4 is 0 Å². The first-order valence-corrected chi connectivity index (χ1v) is 10.5. The Hall–Kier alpha value is -0.516. The van der Waals surface area contributed by atoms with E-state index in [-0.39, 0.29) is 38.6 Å². The van der Waals surface area contributed by atoms with Crippen LogP contribution in [0.2, 0.25) is 0 Å². The summed E-state index contributed by atoms with van der Waals surface area (Å²) in [6.07, 6.45) is 9.97. The van der Waals surface area contributed by atoms with Gasteiger partial charge in [-0.15, -0.1) is 0 Å². The van der Waals surface area contributed by atoms with Crippen LogP contribution in [-0.2, 0) is 16.5 Å². The van der Waals surface area contributed by atoms with Crippen molar-refractivity contribution >= 4 is 0 Å². The van der Waals surface area contributed by atoms with Gasteiger partial charge in [-0.2, -0.15) is 0 Å². The molecule has 0 spiro atoms. The van der Waals surface area contributed by atoms with Crippen molar-refractivity contribution in [2.24, 2.45) is 0 Å². The molecule has 2 saturated heterocycles. The maximum absolute atomic E-state index is 11.7. The third-order valence-electron chi connectivity index (χ3n) is 5.92. The SMILES string of the molecule is CC1(C)CCCC(C)(C)N1[O-].CC1(C)CCCC(C)(C)N1[O-].[Ni+3].c1ccncc1. The maximum Gasteiger partial charge on any atom is 3.00 e. The predicted molar refractivity (Wildman–Crippen MR) is 119 cm³/mol. The summed E-state index contributed by atoms with van der Waals surface area (Å²) in [5, 5.41) is 25.9. The first-order valence-electron chi connectivity index (χ1n) is 10.5. The Labute approximate surface area is 188 Å². The van der Waals surface area contributed by atoms with Crippen LogP contribution in [0.3, 0.4) is 0 Å². The monoisotopic (exact) mass is 449 g/mol. The number of pyridine rings is 1. The van der Waals surface area contributed by atoms with Gasteiger partial charge in [0.25, 0.3) is 0 Å². The molecule has 0 atom stereocenters. The van der Waals surface area contributed by atoms with Crippen molar-refractivity contribution in [2.75, 3.05) is 0 Å². The second-order valence-electron chi connectivity index (χ2n) is 10.6. The Morgan fingerprint density at radius 1 is 0.586 bits per heavy atom. The van der Waals surface area contributed by atoms with E-state index in [0.717, 1.165) is 25.7 Å². The van der Waals surface area contributed by atoms with Gasteiger partial charge in [0.1, 0.15) is 0 Å².